The van der Waals surface area contributed by atoms with Gasteiger partial charge in [0, 0.05) is 59.8 Å². The van der Waals surface area contributed by atoms with Crippen LogP contribution in [0.25, 0.3) is 11.3 Å². The SMILES string of the molecule is c1ccc(-c2csc(CN3CCN4CCC45CCC35)c2)nc1. The second-order valence-corrected chi connectivity index (χ2v) is 7.88. The molecule has 4 heteroatoms. The number of pyridine rings is 1. The molecule has 2 aromatic heterocycles. The van der Waals surface area contributed by atoms with E-state index in [1.807, 2.05) is 23.6 Å². The Balaban J connectivity index is 1.33. The van der Waals surface area contributed by atoms with E-state index >= 15 is 0 Å². The maximum atomic E-state index is 4.46. The van der Waals surface area contributed by atoms with Crippen LogP contribution in [0.4, 0.5) is 0 Å². The van der Waals surface area contributed by atoms with Gasteiger partial charge in [0.05, 0.1) is 5.69 Å². The van der Waals surface area contributed by atoms with Gasteiger partial charge >= 0.3 is 0 Å². The molecule has 2 atom stereocenters. The van der Waals surface area contributed by atoms with Crippen molar-refractivity contribution in [3.8, 4) is 11.3 Å². The molecular weight excluding hydrogens is 290 g/mol. The topological polar surface area (TPSA) is 19.4 Å². The first-order valence-corrected chi connectivity index (χ1v) is 9.21. The molecule has 1 spiro atoms. The molecule has 3 fully saturated rings. The summed E-state index contributed by atoms with van der Waals surface area (Å²) >= 11 is 1.89. The Kier molecular flexibility index (Phi) is 2.94. The van der Waals surface area contributed by atoms with Crippen molar-refractivity contribution < 1.29 is 0 Å². The number of rotatable bonds is 3. The largest absolute Gasteiger partial charge is 0.295 e. The molecule has 3 nitrogen and oxygen atoms in total. The van der Waals surface area contributed by atoms with Crippen molar-refractivity contribution in [2.75, 3.05) is 19.6 Å². The lowest BCUT2D eigenvalue weighted by atomic mass is 9.61. The number of hydrogen-bond donors (Lipinski definition) is 0. The number of thiophene rings is 1. The quantitative estimate of drug-likeness (QED) is 0.867. The van der Waals surface area contributed by atoms with E-state index < -0.39 is 0 Å². The van der Waals surface area contributed by atoms with Gasteiger partial charge in [-0.3, -0.25) is 14.8 Å². The van der Waals surface area contributed by atoms with E-state index in [9.17, 15) is 0 Å². The number of hydrogen-bond acceptors (Lipinski definition) is 4. The van der Waals surface area contributed by atoms with E-state index in [1.54, 1.807) is 0 Å². The zero-order chi connectivity index (χ0) is 14.6. The van der Waals surface area contributed by atoms with Crippen molar-refractivity contribution in [1.29, 1.82) is 0 Å². The van der Waals surface area contributed by atoms with E-state index in [0.717, 1.165) is 18.3 Å². The second kappa shape index (κ2) is 4.88. The number of nitrogens with zero attached hydrogens (tertiary/aromatic N) is 3. The third-order valence-electron chi connectivity index (χ3n) is 5.99. The Labute approximate surface area is 135 Å². The van der Waals surface area contributed by atoms with Gasteiger partial charge in [-0.15, -0.1) is 11.3 Å². The van der Waals surface area contributed by atoms with E-state index in [1.165, 1.54) is 49.3 Å². The molecule has 5 rings (SSSR count). The van der Waals surface area contributed by atoms with Crippen molar-refractivity contribution in [3.63, 3.8) is 0 Å². The molecule has 4 heterocycles. The summed E-state index contributed by atoms with van der Waals surface area (Å²) in [5.41, 5.74) is 2.94. The van der Waals surface area contributed by atoms with E-state index in [2.05, 4.69) is 38.4 Å². The molecule has 114 valence electrons. The van der Waals surface area contributed by atoms with E-state index in [4.69, 9.17) is 0 Å². The summed E-state index contributed by atoms with van der Waals surface area (Å²) in [4.78, 5) is 11.4. The van der Waals surface area contributed by atoms with Gasteiger partial charge in [0.25, 0.3) is 0 Å². The highest BCUT2D eigenvalue weighted by atomic mass is 32.1. The van der Waals surface area contributed by atoms with Crippen molar-refractivity contribution in [3.05, 3.63) is 40.7 Å². The first-order valence-electron chi connectivity index (χ1n) is 8.33. The molecule has 2 aromatic rings. The third-order valence-corrected chi connectivity index (χ3v) is 6.91. The van der Waals surface area contributed by atoms with Gasteiger partial charge in [-0.2, -0.15) is 0 Å². The molecule has 2 saturated heterocycles. The van der Waals surface area contributed by atoms with Gasteiger partial charge in [-0.25, -0.2) is 0 Å². The zero-order valence-electron chi connectivity index (χ0n) is 12.7. The highest BCUT2D eigenvalue weighted by Crippen LogP contribution is 2.51. The highest BCUT2D eigenvalue weighted by molar-refractivity contribution is 7.10. The predicted molar refractivity (Wildman–Crippen MR) is 89.9 cm³/mol. The Bertz CT molecular complexity index is 679. The van der Waals surface area contributed by atoms with E-state index in [0.29, 0.717) is 5.54 Å². The fourth-order valence-electron chi connectivity index (χ4n) is 4.61. The first-order chi connectivity index (χ1) is 10.9. The van der Waals surface area contributed by atoms with Crippen LogP contribution in [0.2, 0.25) is 0 Å². The summed E-state index contributed by atoms with van der Waals surface area (Å²) in [6.45, 7) is 4.98. The fourth-order valence-corrected chi connectivity index (χ4v) is 5.51. The Morgan fingerprint density at radius 1 is 1.23 bits per heavy atom. The van der Waals surface area contributed by atoms with Crippen LogP contribution in [0.15, 0.2) is 35.8 Å². The summed E-state index contributed by atoms with van der Waals surface area (Å²) < 4.78 is 0. The monoisotopic (exact) mass is 311 g/mol. The minimum absolute atomic E-state index is 0.583. The van der Waals surface area contributed by atoms with Crippen molar-refractivity contribution in [1.82, 2.24) is 14.8 Å². The average Bonchev–Trinajstić information content (AvgIpc) is 2.93. The summed E-state index contributed by atoms with van der Waals surface area (Å²) in [5, 5.41) is 2.26. The summed E-state index contributed by atoms with van der Waals surface area (Å²) in [6.07, 6.45) is 6.13. The average molecular weight is 311 g/mol. The van der Waals surface area contributed by atoms with Crippen molar-refractivity contribution in [2.45, 2.75) is 37.4 Å². The lowest BCUT2D eigenvalue weighted by Gasteiger charge is -2.69. The molecule has 2 aliphatic heterocycles. The second-order valence-electron chi connectivity index (χ2n) is 6.88. The van der Waals surface area contributed by atoms with Gasteiger partial charge in [-0.1, -0.05) is 6.07 Å². The van der Waals surface area contributed by atoms with E-state index in [-0.39, 0.29) is 0 Å². The van der Waals surface area contributed by atoms with Crippen molar-refractivity contribution >= 4 is 11.3 Å². The normalized spacial score (nSPS) is 31.0. The lowest BCUT2D eigenvalue weighted by molar-refractivity contribution is -0.176. The van der Waals surface area contributed by atoms with Crippen LogP contribution in [0, 0.1) is 0 Å². The lowest BCUT2D eigenvalue weighted by Crippen LogP contribution is -2.79. The van der Waals surface area contributed by atoms with Crippen LogP contribution >= 0.6 is 11.3 Å². The molecule has 0 bridgehead atoms. The number of piperazine rings is 1. The summed E-state index contributed by atoms with van der Waals surface area (Å²) in [6, 6.07) is 9.29. The van der Waals surface area contributed by atoms with Crippen LogP contribution in [0.5, 0.6) is 0 Å². The van der Waals surface area contributed by atoms with Crippen LogP contribution in [0.3, 0.4) is 0 Å². The summed E-state index contributed by atoms with van der Waals surface area (Å²) in [5.74, 6) is 0. The molecular formula is C18H21N3S. The standard InChI is InChI=1S/C18H21N3S/c1-2-7-19-16(3-1)14-11-15(22-13-14)12-20-9-10-21-8-6-18(21)5-4-17(18)20/h1-3,7,11,13,17H,4-6,8-10,12H2. The minimum Gasteiger partial charge on any atom is -0.295 e. The summed E-state index contributed by atoms with van der Waals surface area (Å²) in [7, 11) is 0. The molecule has 0 amide bonds. The number of aromatic nitrogens is 1. The van der Waals surface area contributed by atoms with Gasteiger partial charge in [0.2, 0.25) is 0 Å². The molecule has 1 aliphatic carbocycles. The molecule has 0 N–H and O–H groups in total. The molecule has 0 aromatic carbocycles. The maximum absolute atomic E-state index is 4.46. The van der Waals surface area contributed by atoms with Crippen LogP contribution in [-0.2, 0) is 6.54 Å². The molecule has 0 radical (unpaired) electrons. The van der Waals surface area contributed by atoms with Gasteiger partial charge in [0.15, 0.2) is 0 Å². The zero-order valence-corrected chi connectivity index (χ0v) is 13.6. The predicted octanol–water partition coefficient (Wildman–Crippen LogP) is 3.23. The van der Waals surface area contributed by atoms with Crippen molar-refractivity contribution in [2.24, 2.45) is 0 Å². The first kappa shape index (κ1) is 13.2. The Morgan fingerprint density at radius 3 is 2.95 bits per heavy atom. The van der Waals surface area contributed by atoms with Crippen LogP contribution in [-0.4, -0.2) is 46.0 Å². The van der Waals surface area contributed by atoms with Crippen LogP contribution < -0.4 is 0 Å². The fraction of sp³-hybridized carbons (Fsp3) is 0.500. The minimum atomic E-state index is 0.583. The smallest absolute Gasteiger partial charge is 0.0710 e. The molecule has 22 heavy (non-hydrogen) atoms. The Hall–Kier alpha value is -1.23. The molecule has 2 unspecified atom stereocenters. The van der Waals surface area contributed by atoms with Gasteiger partial charge in [0.1, 0.15) is 0 Å². The Morgan fingerprint density at radius 2 is 2.23 bits per heavy atom. The van der Waals surface area contributed by atoms with Gasteiger partial charge in [-0.05, 0) is 37.5 Å². The molecule has 1 saturated carbocycles. The van der Waals surface area contributed by atoms with Gasteiger partial charge < -0.3 is 0 Å². The van der Waals surface area contributed by atoms with Crippen LogP contribution in [0.1, 0.15) is 24.1 Å². The maximum Gasteiger partial charge on any atom is 0.0710 e. The molecule has 3 aliphatic rings. The highest BCUT2D eigenvalue weighted by Gasteiger charge is 2.59. The third kappa shape index (κ3) is 1.84.